The molecule has 1 aromatic carbocycles. The van der Waals surface area contributed by atoms with Crippen molar-refractivity contribution in [2.45, 2.75) is 63.8 Å². The first-order valence-corrected chi connectivity index (χ1v) is 7.55. The summed E-state index contributed by atoms with van der Waals surface area (Å²) >= 11 is 0. The van der Waals surface area contributed by atoms with Gasteiger partial charge in [-0.05, 0) is 35.4 Å². The Morgan fingerprint density at radius 2 is 1.89 bits per heavy atom. The van der Waals surface area contributed by atoms with E-state index in [0.29, 0.717) is 11.3 Å². The van der Waals surface area contributed by atoms with E-state index >= 15 is 0 Å². The molecule has 0 radical (unpaired) electrons. The first kappa shape index (κ1) is 12.2. The van der Waals surface area contributed by atoms with Crippen molar-refractivity contribution in [3.05, 3.63) is 34.9 Å². The molecule has 2 aliphatic rings. The van der Waals surface area contributed by atoms with E-state index in [1.165, 1.54) is 44.2 Å². The van der Waals surface area contributed by atoms with Crippen molar-refractivity contribution in [2.75, 3.05) is 6.54 Å². The molecule has 98 valence electrons. The number of fused-ring (bicyclic) bond motifs is 2. The molecule has 1 aliphatic carbocycles. The zero-order valence-corrected chi connectivity index (χ0v) is 11.8. The average molecular weight is 243 g/mol. The summed E-state index contributed by atoms with van der Waals surface area (Å²) in [6, 6.07) is 7.25. The minimum Gasteiger partial charge on any atom is -0.312 e. The van der Waals surface area contributed by atoms with Crippen molar-refractivity contribution in [1.82, 2.24) is 5.32 Å². The van der Waals surface area contributed by atoms with Crippen LogP contribution in [0.1, 0.15) is 68.6 Å². The summed E-state index contributed by atoms with van der Waals surface area (Å²) in [5.74, 6) is 0.638. The van der Waals surface area contributed by atoms with E-state index in [1.54, 1.807) is 11.1 Å². The molecule has 1 heteroatoms. The van der Waals surface area contributed by atoms with Gasteiger partial charge in [-0.3, -0.25) is 0 Å². The van der Waals surface area contributed by atoms with E-state index in [-0.39, 0.29) is 0 Å². The monoisotopic (exact) mass is 243 g/mol. The predicted molar refractivity (Wildman–Crippen MR) is 77.0 cm³/mol. The SMILES string of the molecule is CC(C)c1ccc2c(c1)CNCC21CCCCC1. The Kier molecular flexibility index (Phi) is 3.19. The van der Waals surface area contributed by atoms with Crippen LogP contribution in [0.15, 0.2) is 18.2 Å². The van der Waals surface area contributed by atoms with Gasteiger partial charge in [0, 0.05) is 18.5 Å². The molecule has 1 spiro atoms. The van der Waals surface area contributed by atoms with E-state index in [4.69, 9.17) is 0 Å². The Hall–Kier alpha value is -0.820. The van der Waals surface area contributed by atoms with Gasteiger partial charge in [-0.15, -0.1) is 0 Å². The lowest BCUT2D eigenvalue weighted by molar-refractivity contribution is 0.264. The molecule has 0 saturated heterocycles. The topological polar surface area (TPSA) is 12.0 Å². The van der Waals surface area contributed by atoms with Crippen molar-refractivity contribution in [1.29, 1.82) is 0 Å². The van der Waals surface area contributed by atoms with Gasteiger partial charge in [0.2, 0.25) is 0 Å². The van der Waals surface area contributed by atoms with Gasteiger partial charge in [0.15, 0.2) is 0 Å². The lowest BCUT2D eigenvalue weighted by Gasteiger charge is -2.42. The molecule has 0 bridgehead atoms. The van der Waals surface area contributed by atoms with Gasteiger partial charge in [-0.1, -0.05) is 51.3 Å². The van der Waals surface area contributed by atoms with E-state index < -0.39 is 0 Å². The van der Waals surface area contributed by atoms with Crippen molar-refractivity contribution in [2.24, 2.45) is 0 Å². The number of rotatable bonds is 1. The highest BCUT2D eigenvalue weighted by Crippen LogP contribution is 2.42. The van der Waals surface area contributed by atoms with Gasteiger partial charge in [0.1, 0.15) is 0 Å². The fourth-order valence-electron chi connectivity index (χ4n) is 3.84. The Labute approximate surface area is 111 Å². The zero-order chi connectivity index (χ0) is 12.6. The lowest BCUT2D eigenvalue weighted by Crippen LogP contribution is -2.44. The van der Waals surface area contributed by atoms with Gasteiger partial charge in [-0.2, -0.15) is 0 Å². The number of hydrogen-bond donors (Lipinski definition) is 1. The van der Waals surface area contributed by atoms with Crippen LogP contribution in [-0.2, 0) is 12.0 Å². The fourth-order valence-corrected chi connectivity index (χ4v) is 3.84. The summed E-state index contributed by atoms with van der Waals surface area (Å²) in [4.78, 5) is 0. The molecule has 1 aliphatic heterocycles. The van der Waals surface area contributed by atoms with Crippen LogP contribution >= 0.6 is 0 Å². The predicted octanol–water partition coefficient (Wildman–Crippen LogP) is 4.12. The van der Waals surface area contributed by atoms with Crippen LogP contribution in [0.4, 0.5) is 0 Å². The summed E-state index contributed by atoms with van der Waals surface area (Å²) in [7, 11) is 0. The molecule has 1 saturated carbocycles. The van der Waals surface area contributed by atoms with Gasteiger partial charge >= 0.3 is 0 Å². The van der Waals surface area contributed by atoms with Gasteiger partial charge in [0.25, 0.3) is 0 Å². The van der Waals surface area contributed by atoms with E-state index in [9.17, 15) is 0 Å². The molecule has 0 unspecified atom stereocenters. The third kappa shape index (κ3) is 1.99. The van der Waals surface area contributed by atoms with Crippen LogP contribution in [0.3, 0.4) is 0 Å². The summed E-state index contributed by atoms with van der Waals surface area (Å²) < 4.78 is 0. The Balaban J connectivity index is 2.00. The van der Waals surface area contributed by atoms with E-state index in [0.717, 1.165) is 6.54 Å². The van der Waals surface area contributed by atoms with Crippen molar-refractivity contribution < 1.29 is 0 Å². The minimum atomic E-state index is 0.460. The molecule has 0 atom stereocenters. The molecule has 1 heterocycles. The summed E-state index contributed by atoms with van der Waals surface area (Å²) in [5, 5.41) is 3.67. The molecular formula is C17H25N. The Morgan fingerprint density at radius 3 is 2.61 bits per heavy atom. The van der Waals surface area contributed by atoms with E-state index in [1.807, 2.05) is 0 Å². The third-order valence-corrected chi connectivity index (χ3v) is 4.96. The van der Waals surface area contributed by atoms with E-state index in [2.05, 4.69) is 37.4 Å². The van der Waals surface area contributed by atoms with Crippen LogP contribution in [0.2, 0.25) is 0 Å². The highest BCUT2D eigenvalue weighted by Gasteiger charge is 2.37. The van der Waals surface area contributed by atoms with Gasteiger partial charge in [0.05, 0.1) is 0 Å². The Bertz CT molecular complexity index is 427. The molecule has 18 heavy (non-hydrogen) atoms. The molecule has 0 aromatic heterocycles. The van der Waals surface area contributed by atoms with Crippen LogP contribution < -0.4 is 5.32 Å². The maximum absolute atomic E-state index is 3.67. The van der Waals surface area contributed by atoms with Gasteiger partial charge in [-0.25, -0.2) is 0 Å². The second kappa shape index (κ2) is 4.70. The zero-order valence-electron chi connectivity index (χ0n) is 11.8. The molecule has 1 nitrogen and oxygen atoms in total. The highest BCUT2D eigenvalue weighted by molar-refractivity contribution is 5.41. The summed E-state index contributed by atoms with van der Waals surface area (Å²) in [5.41, 5.74) is 5.17. The van der Waals surface area contributed by atoms with Crippen LogP contribution in [0, 0.1) is 0 Å². The Morgan fingerprint density at radius 1 is 1.11 bits per heavy atom. The first-order valence-electron chi connectivity index (χ1n) is 7.55. The maximum Gasteiger partial charge on any atom is 0.0208 e. The first-order chi connectivity index (χ1) is 8.71. The molecule has 1 N–H and O–H groups in total. The lowest BCUT2D eigenvalue weighted by atomic mass is 9.66. The van der Waals surface area contributed by atoms with Crippen molar-refractivity contribution in [3.63, 3.8) is 0 Å². The third-order valence-electron chi connectivity index (χ3n) is 4.96. The normalized spacial score (nSPS) is 22.2. The fraction of sp³-hybridized carbons (Fsp3) is 0.647. The van der Waals surface area contributed by atoms with Crippen molar-refractivity contribution in [3.8, 4) is 0 Å². The second-order valence-electron chi connectivity index (χ2n) is 6.52. The molecular weight excluding hydrogens is 218 g/mol. The number of benzene rings is 1. The number of hydrogen-bond acceptors (Lipinski definition) is 1. The van der Waals surface area contributed by atoms with Crippen LogP contribution in [-0.4, -0.2) is 6.54 Å². The molecule has 0 amide bonds. The quantitative estimate of drug-likeness (QED) is 0.782. The standard InChI is InChI=1S/C17H25N/c1-13(2)14-6-7-16-15(10-14)11-18-12-17(16)8-4-3-5-9-17/h6-7,10,13,18H,3-5,8-9,11-12H2,1-2H3. The second-order valence-corrected chi connectivity index (χ2v) is 6.52. The summed E-state index contributed by atoms with van der Waals surface area (Å²) in [6.45, 7) is 6.83. The largest absolute Gasteiger partial charge is 0.312 e. The van der Waals surface area contributed by atoms with Crippen LogP contribution in [0.25, 0.3) is 0 Å². The molecule has 3 rings (SSSR count). The maximum atomic E-state index is 3.67. The van der Waals surface area contributed by atoms with Crippen LogP contribution in [0.5, 0.6) is 0 Å². The smallest absolute Gasteiger partial charge is 0.0208 e. The van der Waals surface area contributed by atoms with Crippen molar-refractivity contribution >= 4 is 0 Å². The minimum absolute atomic E-state index is 0.460. The summed E-state index contributed by atoms with van der Waals surface area (Å²) in [6.07, 6.45) is 7.02. The molecule has 1 aromatic rings. The average Bonchev–Trinajstić information content (AvgIpc) is 2.39. The molecule has 1 fully saturated rings. The van der Waals surface area contributed by atoms with Gasteiger partial charge < -0.3 is 5.32 Å². The number of nitrogens with one attached hydrogen (secondary N) is 1. The highest BCUT2D eigenvalue weighted by atomic mass is 14.9.